The van der Waals surface area contributed by atoms with Crippen molar-refractivity contribution < 1.29 is 24.2 Å². The number of nitrogens with zero attached hydrogens (tertiary/aromatic N) is 1. The number of rotatable bonds is 8. The minimum atomic E-state index is -1.11. The van der Waals surface area contributed by atoms with Gasteiger partial charge in [0.1, 0.15) is 18.3 Å². The van der Waals surface area contributed by atoms with Gasteiger partial charge >= 0.3 is 12.1 Å². The van der Waals surface area contributed by atoms with Crippen LogP contribution in [-0.2, 0) is 15.0 Å². The first kappa shape index (κ1) is 24.7. The number of nitrogens with one attached hydrogen (secondary N) is 2. The number of hydrogen-bond acceptors (Lipinski definition) is 5. The summed E-state index contributed by atoms with van der Waals surface area (Å²) < 4.78 is 5.38. The molecular weight excluding hydrogens is 398 g/mol. The average Bonchev–Trinajstić information content (AvgIpc) is 2.92. The Bertz CT molecular complexity index is 782. The summed E-state index contributed by atoms with van der Waals surface area (Å²) in [6, 6.07) is 6.57. The Kier molecular flexibility index (Phi) is 8.86. The highest BCUT2D eigenvalue weighted by molar-refractivity contribution is 5.87. The molecule has 0 spiro atoms. The molecule has 2 unspecified atom stereocenters. The van der Waals surface area contributed by atoms with Crippen molar-refractivity contribution >= 4 is 18.0 Å². The van der Waals surface area contributed by atoms with Crippen molar-refractivity contribution in [1.82, 2.24) is 15.5 Å². The lowest BCUT2D eigenvalue weighted by molar-refractivity contribution is -0.142. The molecule has 1 saturated heterocycles. The van der Waals surface area contributed by atoms with Crippen LogP contribution in [0.15, 0.2) is 24.3 Å². The highest BCUT2D eigenvalue weighted by atomic mass is 16.6. The van der Waals surface area contributed by atoms with Crippen molar-refractivity contribution in [2.75, 3.05) is 26.7 Å². The van der Waals surface area contributed by atoms with Gasteiger partial charge in [0.2, 0.25) is 5.91 Å². The summed E-state index contributed by atoms with van der Waals surface area (Å²) in [5.74, 6) is -1.55. The Labute approximate surface area is 184 Å². The monoisotopic (exact) mass is 433 g/mol. The van der Waals surface area contributed by atoms with Gasteiger partial charge in [0.25, 0.3) is 0 Å². The third kappa shape index (κ3) is 6.95. The summed E-state index contributed by atoms with van der Waals surface area (Å²) in [6.07, 6.45) is 3.66. The van der Waals surface area contributed by atoms with Gasteiger partial charge in [0, 0.05) is 12.0 Å². The second-order valence-corrected chi connectivity index (χ2v) is 8.73. The molecule has 2 rings (SSSR count). The highest BCUT2D eigenvalue weighted by Gasteiger charge is 2.33. The summed E-state index contributed by atoms with van der Waals surface area (Å²) in [7, 11) is 2.14. The van der Waals surface area contributed by atoms with Gasteiger partial charge in [-0.25, -0.2) is 9.59 Å². The molecule has 0 radical (unpaired) electrons. The summed E-state index contributed by atoms with van der Waals surface area (Å²) in [4.78, 5) is 37.7. The van der Waals surface area contributed by atoms with E-state index in [1.165, 1.54) is 6.42 Å². The van der Waals surface area contributed by atoms with Gasteiger partial charge in [0.15, 0.2) is 0 Å². The van der Waals surface area contributed by atoms with E-state index in [1.807, 2.05) is 12.1 Å². The molecule has 1 aromatic rings. The zero-order chi connectivity index (χ0) is 23.0. The smallest absolute Gasteiger partial charge is 0.413 e. The van der Waals surface area contributed by atoms with Crippen LogP contribution in [0.25, 0.3) is 0 Å². The van der Waals surface area contributed by atoms with Crippen LogP contribution in [0.1, 0.15) is 52.0 Å². The van der Waals surface area contributed by atoms with Crippen LogP contribution in [0.4, 0.5) is 4.79 Å². The van der Waals surface area contributed by atoms with E-state index in [9.17, 15) is 14.4 Å². The van der Waals surface area contributed by atoms with Crippen molar-refractivity contribution in [3.05, 3.63) is 29.8 Å². The molecule has 31 heavy (non-hydrogen) atoms. The Morgan fingerprint density at radius 2 is 2.00 bits per heavy atom. The number of likely N-dealkylation sites (tertiary alicyclic amines) is 1. The molecule has 3 N–H and O–H groups in total. The molecule has 0 saturated carbocycles. The van der Waals surface area contributed by atoms with E-state index in [0.29, 0.717) is 5.75 Å². The molecule has 1 aliphatic heterocycles. The van der Waals surface area contributed by atoms with E-state index in [-0.39, 0.29) is 17.9 Å². The quantitative estimate of drug-likeness (QED) is 0.582. The topological polar surface area (TPSA) is 108 Å². The average molecular weight is 434 g/mol. The second kappa shape index (κ2) is 11.1. The first-order valence-corrected chi connectivity index (χ1v) is 10.9. The summed E-state index contributed by atoms with van der Waals surface area (Å²) in [6.45, 7) is 7.27. The maximum Gasteiger partial charge on any atom is 0.413 e. The van der Waals surface area contributed by atoms with Crippen LogP contribution in [0.5, 0.6) is 5.75 Å². The van der Waals surface area contributed by atoms with E-state index in [0.717, 1.165) is 37.9 Å². The van der Waals surface area contributed by atoms with Crippen LogP contribution >= 0.6 is 0 Å². The van der Waals surface area contributed by atoms with E-state index in [2.05, 4.69) is 35.6 Å². The van der Waals surface area contributed by atoms with Gasteiger partial charge in [-0.15, -0.1) is 0 Å². The van der Waals surface area contributed by atoms with Gasteiger partial charge in [-0.1, -0.05) is 39.3 Å². The molecule has 1 aliphatic rings. The van der Waals surface area contributed by atoms with Crippen molar-refractivity contribution in [3.63, 3.8) is 0 Å². The zero-order valence-electron chi connectivity index (χ0n) is 18.9. The first-order valence-electron chi connectivity index (χ1n) is 10.9. The predicted molar refractivity (Wildman–Crippen MR) is 118 cm³/mol. The van der Waals surface area contributed by atoms with E-state index in [4.69, 9.17) is 9.84 Å². The number of ether oxygens (including phenoxy) is 1. The van der Waals surface area contributed by atoms with Gasteiger partial charge in [-0.2, -0.15) is 0 Å². The highest BCUT2D eigenvalue weighted by Crippen LogP contribution is 2.37. The number of likely N-dealkylation sites (N-methyl/N-ethyl adjacent to an activating group) is 1. The third-order valence-electron chi connectivity index (χ3n) is 5.99. The van der Waals surface area contributed by atoms with Gasteiger partial charge in [0.05, 0.1) is 0 Å². The molecule has 1 aromatic carbocycles. The maximum absolute atomic E-state index is 12.2. The SMILES string of the molecule is CCC1(c2cccc(OC(=O)NCC(=O)NC(C(=O)O)C(C)C)c2)CCCCN(C)C1. The Morgan fingerprint density at radius 3 is 2.65 bits per heavy atom. The van der Waals surface area contributed by atoms with Gasteiger partial charge < -0.3 is 25.4 Å². The van der Waals surface area contributed by atoms with Crippen molar-refractivity contribution in [2.45, 2.75) is 57.9 Å². The fourth-order valence-corrected chi connectivity index (χ4v) is 4.17. The number of carboxylic acid groups (broad SMARTS) is 1. The standard InChI is InChI=1S/C23H35N3O5/c1-5-23(11-6-7-12-26(4)15-23)17-9-8-10-18(13-17)31-22(30)24-14-19(27)25-20(16(2)3)21(28)29/h8-10,13,16,20H,5-7,11-12,14-15H2,1-4H3,(H,24,30)(H,25,27)(H,28,29). The predicted octanol–water partition coefficient (Wildman–Crippen LogP) is 2.76. The van der Waals surface area contributed by atoms with Crippen molar-refractivity contribution in [2.24, 2.45) is 5.92 Å². The first-order chi connectivity index (χ1) is 14.7. The minimum Gasteiger partial charge on any atom is -0.480 e. The summed E-state index contributed by atoms with van der Waals surface area (Å²) in [5.41, 5.74) is 1.16. The number of hydrogen-bond donors (Lipinski definition) is 3. The molecule has 1 heterocycles. The van der Waals surface area contributed by atoms with Gasteiger partial charge in [-0.05, 0) is 56.5 Å². The number of carbonyl (C=O) groups is 3. The van der Waals surface area contributed by atoms with Crippen LogP contribution in [0, 0.1) is 5.92 Å². The molecule has 0 aliphatic carbocycles. The summed E-state index contributed by atoms with van der Waals surface area (Å²) in [5, 5.41) is 13.9. The largest absolute Gasteiger partial charge is 0.480 e. The van der Waals surface area contributed by atoms with E-state index >= 15 is 0 Å². The Hall–Kier alpha value is -2.61. The number of aliphatic carboxylic acids is 1. The van der Waals surface area contributed by atoms with Crippen LogP contribution in [0.3, 0.4) is 0 Å². The number of benzene rings is 1. The molecule has 8 nitrogen and oxygen atoms in total. The molecule has 1 fully saturated rings. The van der Waals surface area contributed by atoms with Crippen LogP contribution in [-0.4, -0.2) is 60.7 Å². The third-order valence-corrected chi connectivity index (χ3v) is 5.99. The Balaban J connectivity index is 1.98. The fourth-order valence-electron chi connectivity index (χ4n) is 4.17. The van der Waals surface area contributed by atoms with Gasteiger partial charge in [-0.3, -0.25) is 4.79 Å². The minimum absolute atomic E-state index is 0.0175. The van der Waals surface area contributed by atoms with Crippen LogP contribution < -0.4 is 15.4 Å². The van der Waals surface area contributed by atoms with Crippen LogP contribution in [0.2, 0.25) is 0 Å². The second-order valence-electron chi connectivity index (χ2n) is 8.73. The Morgan fingerprint density at radius 1 is 1.26 bits per heavy atom. The fraction of sp³-hybridized carbons (Fsp3) is 0.609. The molecule has 2 amide bonds. The van der Waals surface area contributed by atoms with Crippen molar-refractivity contribution in [1.29, 1.82) is 0 Å². The zero-order valence-corrected chi connectivity index (χ0v) is 18.9. The number of carboxylic acids is 1. The molecular formula is C23H35N3O5. The lowest BCUT2D eigenvalue weighted by atomic mass is 9.74. The number of amides is 2. The molecule has 8 heteroatoms. The lowest BCUT2D eigenvalue weighted by Gasteiger charge is -2.35. The van der Waals surface area contributed by atoms with E-state index in [1.54, 1.807) is 19.9 Å². The normalized spacial score (nSPS) is 20.5. The lowest BCUT2D eigenvalue weighted by Crippen LogP contribution is -2.48. The molecule has 0 aromatic heterocycles. The molecule has 0 bridgehead atoms. The molecule has 172 valence electrons. The molecule has 2 atom stereocenters. The summed E-state index contributed by atoms with van der Waals surface area (Å²) >= 11 is 0. The maximum atomic E-state index is 12.2. The van der Waals surface area contributed by atoms with Crippen molar-refractivity contribution in [3.8, 4) is 5.75 Å². The van der Waals surface area contributed by atoms with E-state index < -0.39 is 24.0 Å². The number of carbonyl (C=O) groups excluding carboxylic acids is 2.